The smallest absolute Gasteiger partial charge is 0.143 e. The molecular weight excluding hydrogens is 703 g/mol. The van der Waals surface area contributed by atoms with Gasteiger partial charge in [0.05, 0.1) is 5.69 Å². The van der Waals surface area contributed by atoms with Gasteiger partial charge in [-0.15, -0.1) is 0 Å². The van der Waals surface area contributed by atoms with Crippen LogP contribution in [-0.2, 0) is 5.41 Å². The average molecular weight is 746 g/mol. The maximum absolute atomic E-state index is 6.58. The molecule has 0 saturated heterocycles. The van der Waals surface area contributed by atoms with Crippen molar-refractivity contribution in [2.24, 2.45) is 0 Å². The lowest BCUT2D eigenvalue weighted by Crippen LogP contribution is -2.15. The van der Waals surface area contributed by atoms with Crippen LogP contribution in [0.2, 0.25) is 0 Å². The van der Waals surface area contributed by atoms with E-state index < -0.39 is 0 Å². The van der Waals surface area contributed by atoms with E-state index in [2.05, 4.69) is 207 Å². The van der Waals surface area contributed by atoms with Crippen molar-refractivity contribution in [2.75, 3.05) is 4.90 Å². The number of para-hydroxylation sites is 1. The van der Waals surface area contributed by atoms with E-state index in [0.29, 0.717) is 0 Å². The number of hydrogen-bond donors (Lipinski definition) is 0. The lowest BCUT2D eigenvalue weighted by molar-refractivity contribution is 0.653. The van der Waals surface area contributed by atoms with Gasteiger partial charge in [0.25, 0.3) is 0 Å². The fraction of sp³-hybridized carbons (Fsp3) is 0.0714. The average Bonchev–Trinajstić information content (AvgIpc) is 3.76. The van der Waals surface area contributed by atoms with Crippen LogP contribution in [0.15, 0.2) is 205 Å². The van der Waals surface area contributed by atoms with E-state index >= 15 is 0 Å². The van der Waals surface area contributed by atoms with E-state index in [0.717, 1.165) is 44.8 Å². The Morgan fingerprint density at radius 1 is 0.569 bits per heavy atom. The number of anilines is 3. The zero-order valence-electron chi connectivity index (χ0n) is 33.0. The third-order valence-corrected chi connectivity index (χ3v) is 12.0. The highest BCUT2D eigenvalue weighted by molar-refractivity contribution is 6.12. The predicted molar refractivity (Wildman–Crippen MR) is 247 cm³/mol. The molecule has 58 heavy (non-hydrogen) atoms. The molecule has 8 aromatic carbocycles. The number of benzene rings is 8. The van der Waals surface area contributed by atoms with Gasteiger partial charge in [-0.05, 0) is 105 Å². The van der Waals surface area contributed by atoms with Gasteiger partial charge in [0.15, 0.2) is 0 Å². The second-order valence-electron chi connectivity index (χ2n) is 15.7. The van der Waals surface area contributed by atoms with E-state index in [-0.39, 0.29) is 5.41 Å². The Morgan fingerprint density at radius 2 is 1.21 bits per heavy atom. The Balaban J connectivity index is 1.11. The molecule has 2 heteroatoms. The lowest BCUT2D eigenvalue weighted by atomic mass is 9.81. The van der Waals surface area contributed by atoms with Crippen LogP contribution in [0.1, 0.15) is 37.5 Å². The molecule has 1 heterocycles. The summed E-state index contributed by atoms with van der Waals surface area (Å²) in [7, 11) is 0. The largest absolute Gasteiger partial charge is 0.455 e. The first-order chi connectivity index (χ1) is 28.4. The van der Waals surface area contributed by atoms with Crippen LogP contribution in [0.4, 0.5) is 17.1 Å². The Kier molecular flexibility index (Phi) is 8.57. The van der Waals surface area contributed by atoms with Crippen LogP contribution in [0.5, 0.6) is 0 Å². The number of furan rings is 1. The lowest BCUT2D eigenvalue weighted by Gasteiger charge is -2.28. The van der Waals surface area contributed by atoms with Crippen molar-refractivity contribution in [3.05, 3.63) is 217 Å². The zero-order valence-corrected chi connectivity index (χ0v) is 33.0. The highest BCUT2D eigenvalue weighted by Gasteiger charge is 2.38. The maximum Gasteiger partial charge on any atom is 0.143 e. The summed E-state index contributed by atoms with van der Waals surface area (Å²) in [5, 5.41) is 4.72. The van der Waals surface area contributed by atoms with Gasteiger partial charge in [-0.25, -0.2) is 0 Å². The molecule has 0 spiro atoms. The van der Waals surface area contributed by atoms with Gasteiger partial charge in [0.1, 0.15) is 11.2 Å². The standard InChI is InChI=1S/C56H43NO/c1-5-14-37(15-6-2)39-22-27-42(28-23-39)57(43-29-24-40(25-30-43)38-16-8-7-9-17-38)52-35-33-44(45-18-10-11-19-46(45)52)41-26-31-49-51(36-41)56(3,4)50-34-32-48-47-20-12-13-21-53(47)58-55(48)54(49)50/h5-36H,1H2,2-4H3/b15-6-,37-14+. The van der Waals surface area contributed by atoms with E-state index in [1.165, 1.54) is 60.7 Å². The molecule has 9 aromatic rings. The van der Waals surface area contributed by atoms with Crippen molar-refractivity contribution >= 4 is 55.3 Å². The highest BCUT2D eigenvalue weighted by atomic mass is 16.3. The van der Waals surface area contributed by atoms with Crippen molar-refractivity contribution in [1.82, 2.24) is 0 Å². The molecule has 0 bridgehead atoms. The molecular formula is C56H43NO. The van der Waals surface area contributed by atoms with Crippen LogP contribution in [0, 0.1) is 0 Å². The molecule has 10 rings (SSSR count). The molecule has 0 radical (unpaired) electrons. The van der Waals surface area contributed by atoms with Gasteiger partial charge >= 0.3 is 0 Å². The van der Waals surface area contributed by atoms with Crippen LogP contribution in [-0.4, -0.2) is 0 Å². The normalized spacial score (nSPS) is 13.3. The van der Waals surface area contributed by atoms with Crippen molar-refractivity contribution in [2.45, 2.75) is 26.2 Å². The molecule has 0 aliphatic heterocycles. The summed E-state index contributed by atoms with van der Waals surface area (Å²) in [5.41, 5.74) is 17.2. The SMILES string of the molecule is C=C/C=C(\C=C/C)c1ccc(N(c2ccc(-c3ccccc3)cc2)c2ccc(-c3ccc4c(c3)C(C)(C)c3ccc5c(oc6ccccc65)c3-4)c3ccccc23)cc1. The molecule has 278 valence electrons. The molecule has 0 saturated carbocycles. The number of nitrogens with zero attached hydrogens (tertiary/aromatic N) is 1. The Labute approximate surface area is 340 Å². The molecule has 0 unspecified atom stereocenters. The monoisotopic (exact) mass is 745 g/mol. The van der Waals surface area contributed by atoms with Gasteiger partial charge in [-0.2, -0.15) is 0 Å². The van der Waals surface area contributed by atoms with Crippen LogP contribution >= 0.6 is 0 Å². The maximum atomic E-state index is 6.58. The summed E-state index contributed by atoms with van der Waals surface area (Å²) in [4.78, 5) is 2.39. The van der Waals surface area contributed by atoms with E-state index in [1.807, 2.05) is 19.1 Å². The van der Waals surface area contributed by atoms with Gasteiger partial charge in [0, 0.05) is 38.5 Å². The van der Waals surface area contributed by atoms with Gasteiger partial charge in [-0.1, -0.05) is 172 Å². The topological polar surface area (TPSA) is 16.4 Å². The number of hydrogen-bond acceptors (Lipinski definition) is 2. The summed E-state index contributed by atoms with van der Waals surface area (Å²) >= 11 is 0. The first-order valence-corrected chi connectivity index (χ1v) is 20.1. The van der Waals surface area contributed by atoms with Crippen molar-refractivity contribution in [1.29, 1.82) is 0 Å². The number of allylic oxidation sites excluding steroid dienone is 5. The van der Waals surface area contributed by atoms with Gasteiger partial charge in [-0.3, -0.25) is 0 Å². The van der Waals surface area contributed by atoms with Crippen molar-refractivity contribution in [3.8, 4) is 33.4 Å². The third-order valence-electron chi connectivity index (χ3n) is 12.0. The minimum absolute atomic E-state index is 0.188. The Hall–Kier alpha value is -7.16. The quantitative estimate of drug-likeness (QED) is 0.144. The van der Waals surface area contributed by atoms with Gasteiger partial charge < -0.3 is 9.32 Å². The predicted octanol–water partition coefficient (Wildman–Crippen LogP) is 16.0. The van der Waals surface area contributed by atoms with Crippen LogP contribution in [0.3, 0.4) is 0 Å². The molecule has 1 aliphatic rings. The number of rotatable bonds is 8. The molecule has 0 N–H and O–H groups in total. The second-order valence-corrected chi connectivity index (χ2v) is 15.7. The molecule has 1 aliphatic carbocycles. The first-order valence-electron chi connectivity index (χ1n) is 20.1. The van der Waals surface area contributed by atoms with Crippen molar-refractivity contribution in [3.63, 3.8) is 0 Å². The Morgan fingerprint density at radius 3 is 1.95 bits per heavy atom. The minimum atomic E-state index is -0.188. The van der Waals surface area contributed by atoms with Gasteiger partial charge in [0.2, 0.25) is 0 Å². The fourth-order valence-corrected chi connectivity index (χ4v) is 9.12. The summed E-state index contributed by atoms with van der Waals surface area (Å²) in [5.74, 6) is 0. The molecule has 0 fully saturated rings. The molecule has 0 atom stereocenters. The summed E-state index contributed by atoms with van der Waals surface area (Å²) in [6.07, 6.45) is 8.09. The molecule has 1 aromatic heterocycles. The summed E-state index contributed by atoms with van der Waals surface area (Å²) < 4.78 is 6.58. The molecule has 0 amide bonds. The zero-order chi connectivity index (χ0) is 39.4. The van der Waals surface area contributed by atoms with Crippen LogP contribution < -0.4 is 4.90 Å². The highest BCUT2D eigenvalue weighted by Crippen LogP contribution is 2.54. The van der Waals surface area contributed by atoms with E-state index in [9.17, 15) is 0 Å². The molecule has 2 nitrogen and oxygen atoms in total. The van der Waals surface area contributed by atoms with E-state index in [1.54, 1.807) is 0 Å². The van der Waals surface area contributed by atoms with E-state index in [4.69, 9.17) is 4.42 Å². The second kappa shape index (κ2) is 14.1. The number of fused-ring (bicyclic) bond motifs is 8. The fourth-order valence-electron chi connectivity index (χ4n) is 9.12. The summed E-state index contributed by atoms with van der Waals surface area (Å²) in [6, 6.07) is 61.7. The first kappa shape index (κ1) is 35.3. The van der Waals surface area contributed by atoms with Crippen LogP contribution in [0.25, 0.3) is 71.7 Å². The summed E-state index contributed by atoms with van der Waals surface area (Å²) in [6.45, 7) is 10.7. The third kappa shape index (κ3) is 5.72. The minimum Gasteiger partial charge on any atom is -0.455 e. The Bertz CT molecular complexity index is 3090. The van der Waals surface area contributed by atoms with Crippen molar-refractivity contribution < 1.29 is 4.42 Å².